The van der Waals surface area contributed by atoms with Gasteiger partial charge < -0.3 is 10.1 Å². The van der Waals surface area contributed by atoms with E-state index < -0.39 is 0 Å². The van der Waals surface area contributed by atoms with Crippen molar-refractivity contribution in [1.29, 1.82) is 0 Å². The summed E-state index contributed by atoms with van der Waals surface area (Å²) < 4.78 is 5.02. The van der Waals surface area contributed by atoms with Crippen molar-refractivity contribution in [2.75, 3.05) is 13.7 Å². The summed E-state index contributed by atoms with van der Waals surface area (Å²) >= 11 is 0. The molecule has 1 N–H and O–H groups in total. The van der Waals surface area contributed by atoms with Gasteiger partial charge in [0.05, 0.1) is 13.0 Å². The number of benzene rings is 1. The van der Waals surface area contributed by atoms with Crippen LogP contribution in [-0.2, 0) is 9.53 Å². The Morgan fingerprint density at radius 2 is 1.83 bits per heavy atom. The molecule has 0 aliphatic heterocycles. The number of esters is 1. The second-order valence-corrected chi connectivity index (χ2v) is 4.66. The van der Waals surface area contributed by atoms with Gasteiger partial charge in [-0.25, -0.2) is 0 Å². The topological polar surface area (TPSA) is 38.3 Å². The third-order valence-electron chi connectivity index (χ3n) is 3.11. The van der Waals surface area contributed by atoms with Gasteiger partial charge in [-0.05, 0) is 51.4 Å². The zero-order chi connectivity index (χ0) is 13.7. The SMILES string of the molecule is CCOC(=O)CC(NC)c1c(C)cc(C)cc1C. The first-order valence-corrected chi connectivity index (χ1v) is 6.40. The fourth-order valence-electron chi connectivity index (χ4n) is 2.48. The van der Waals surface area contributed by atoms with Crippen molar-refractivity contribution in [2.45, 2.75) is 40.2 Å². The molecular weight excluding hydrogens is 226 g/mol. The molecule has 0 aromatic heterocycles. The summed E-state index contributed by atoms with van der Waals surface area (Å²) in [6.45, 7) is 8.52. The molecule has 0 radical (unpaired) electrons. The van der Waals surface area contributed by atoms with Gasteiger partial charge in [-0.3, -0.25) is 4.79 Å². The largest absolute Gasteiger partial charge is 0.466 e. The Morgan fingerprint density at radius 3 is 2.28 bits per heavy atom. The summed E-state index contributed by atoms with van der Waals surface area (Å²) in [5.41, 5.74) is 4.89. The predicted octanol–water partition coefficient (Wildman–Crippen LogP) is 2.83. The number of nitrogens with one attached hydrogen (secondary N) is 1. The Kier molecular flexibility index (Phi) is 5.35. The van der Waals surface area contributed by atoms with Crippen LogP contribution in [0, 0.1) is 20.8 Å². The monoisotopic (exact) mass is 249 g/mol. The number of carbonyl (C=O) groups excluding carboxylic acids is 1. The standard InChI is InChI=1S/C15H23NO2/c1-6-18-14(17)9-13(16-5)15-11(3)7-10(2)8-12(15)4/h7-8,13,16H,6,9H2,1-5H3. The molecule has 18 heavy (non-hydrogen) atoms. The Bertz CT molecular complexity index is 403. The van der Waals surface area contributed by atoms with Gasteiger partial charge in [-0.15, -0.1) is 0 Å². The van der Waals surface area contributed by atoms with E-state index in [0.29, 0.717) is 13.0 Å². The highest BCUT2D eigenvalue weighted by atomic mass is 16.5. The summed E-state index contributed by atoms with van der Waals surface area (Å²) in [6, 6.07) is 4.32. The molecule has 100 valence electrons. The van der Waals surface area contributed by atoms with Crippen molar-refractivity contribution in [3.63, 3.8) is 0 Å². The van der Waals surface area contributed by atoms with Gasteiger partial charge in [0, 0.05) is 6.04 Å². The Hall–Kier alpha value is -1.35. The minimum atomic E-state index is -0.156. The van der Waals surface area contributed by atoms with E-state index in [4.69, 9.17) is 4.74 Å². The molecule has 0 saturated heterocycles. The molecule has 0 bridgehead atoms. The van der Waals surface area contributed by atoms with Crippen LogP contribution in [0.15, 0.2) is 12.1 Å². The average molecular weight is 249 g/mol. The third-order valence-corrected chi connectivity index (χ3v) is 3.11. The lowest BCUT2D eigenvalue weighted by atomic mass is 9.92. The molecular formula is C15H23NO2. The normalized spacial score (nSPS) is 12.3. The highest BCUT2D eigenvalue weighted by Crippen LogP contribution is 2.25. The van der Waals surface area contributed by atoms with Crippen LogP contribution in [0.3, 0.4) is 0 Å². The van der Waals surface area contributed by atoms with Crippen LogP contribution in [0.2, 0.25) is 0 Å². The molecule has 1 rings (SSSR count). The summed E-state index contributed by atoms with van der Waals surface area (Å²) in [7, 11) is 1.88. The van der Waals surface area contributed by atoms with Crippen molar-refractivity contribution in [2.24, 2.45) is 0 Å². The van der Waals surface area contributed by atoms with Crippen LogP contribution in [0.1, 0.15) is 41.6 Å². The van der Waals surface area contributed by atoms with Gasteiger partial charge in [0.2, 0.25) is 0 Å². The summed E-state index contributed by atoms with van der Waals surface area (Å²) in [5.74, 6) is -0.156. The number of rotatable bonds is 5. The van der Waals surface area contributed by atoms with Gasteiger partial charge in [0.15, 0.2) is 0 Å². The van der Waals surface area contributed by atoms with Crippen LogP contribution in [0.4, 0.5) is 0 Å². The van der Waals surface area contributed by atoms with E-state index in [-0.39, 0.29) is 12.0 Å². The third kappa shape index (κ3) is 3.57. The second kappa shape index (κ2) is 6.55. The Balaban J connectivity index is 2.98. The van der Waals surface area contributed by atoms with Gasteiger partial charge in [-0.2, -0.15) is 0 Å². The van der Waals surface area contributed by atoms with Crippen LogP contribution in [-0.4, -0.2) is 19.6 Å². The van der Waals surface area contributed by atoms with Gasteiger partial charge in [0.1, 0.15) is 0 Å². The fraction of sp³-hybridized carbons (Fsp3) is 0.533. The number of hydrogen-bond acceptors (Lipinski definition) is 3. The van der Waals surface area contributed by atoms with Crippen molar-refractivity contribution in [3.8, 4) is 0 Å². The first-order valence-electron chi connectivity index (χ1n) is 6.40. The predicted molar refractivity (Wildman–Crippen MR) is 73.7 cm³/mol. The molecule has 0 saturated carbocycles. The number of aryl methyl sites for hydroxylation is 3. The summed E-state index contributed by atoms with van der Waals surface area (Å²) in [4.78, 5) is 11.6. The zero-order valence-corrected chi connectivity index (χ0v) is 12.0. The lowest BCUT2D eigenvalue weighted by molar-refractivity contribution is -0.143. The van der Waals surface area contributed by atoms with Gasteiger partial charge >= 0.3 is 5.97 Å². The maximum absolute atomic E-state index is 11.6. The van der Waals surface area contributed by atoms with E-state index in [1.54, 1.807) is 0 Å². The fourth-order valence-corrected chi connectivity index (χ4v) is 2.48. The quantitative estimate of drug-likeness (QED) is 0.815. The summed E-state index contributed by atoms with van der Waals surface area (Å²) in [5, 5.41) is 3.21. The molecule has 0 spiro atoms. The van der Waals surface area contributed by atoms with Crippen molar-refractivity contribution in [1.82, 2.24) is 5.32 Å². The molecule has 0 aliphatic rings. The van der Waals surface area contributed by atoms with Crippen molar-refractivity contribution >= 4 is 5.97 Å². The van der Waals surface area contributed by atoms with E-state index >= 15 is 0 Å². The van der Waals surface area contributed by atoms with E-state index in [0.717, 1.165) is 0 Å². The molecule has 3 heteroatoms. The van der Waals surface area contributed by atoms with Crippen molar-refractivity contribution < 1.29 is 9.53 Å². The van der Waals surface area contributed by atoms with Crippen LogP contribution >= 0.6 is 0 Å². The number of ether oxygens (including phenoxy) is 1. The molecule has 0 aliphatic carbocycles. The molecule has 1 aromatic carbocycles. The molecule has 0 fully saturated rings. The maximum atomic E-state index is 11.6. The minimum Gasteiger partial charge on any atom is -0.466 e. The zero-order valence-electron chi connectivity index (χ0n) is 12.0. The van der Waals surface area contributed by atoms with Crippen LogP contribution in [0.5, 0.6) is 0 Å². The average Bonchev–Trinajstić information content (AvgIpc) is 2.26. The van der Waals surface area contributed by atoms with Crippen LogP contribution in [0.25, 0.3) is 0 Å². The lowest BCUT2D eigenvalue weighted by Gasteiger charge is -2.21. The summed E-state index contributed by atoms with van der Waals surface area (Å²) in [6.07, 6.45) is 0.370. The Labute approximate surface area is 110 Å². The molecule has 0 amide bonds. The molecule has 3 nitrogen and oxygen atoms in total. The Morgan fingerprint density at radius 1 is 1.28 bits per heavy atom. The lowest BCUT2D eigenvalue weighted by Crippen LogP contribution is -2.23. The van der Waals surface area contributed by atoms with Crippen molar-refractivity contribution in [3.05, 3.63) is 34.4 Å². The highest BCUT2D eigenvalue weighted by Gasteiger charge is 2.18. The minimum absolute atomic E-state index is 0.0182. The molecule has 1 aromatic rings. The molecule has 1 atom stereocenters. The van der Waals surface area contributed by atoms with Gasteiger partial charge in [-0.1, -0.05) is 17.7 Å². The number of hydrogen-bond donors (Lipinski definition) is 1. The maximum Gasteiger partial charge on any atom is 0.307 e. The van der Waals surface area contributed by atoms with E-state index in [1.165, 1.54) is 22.3 Å². The molecule has 1 unspecified atom stereocenters. The highest BCUT2D eigenvalue weighted by molar-refractivity contribution is 5.70. The second-order valence-electron chi connectivity index (χ2n) is 4.66. The van der Waals surface area contributed by atoms with Crippen LogP contribution < -0.4 is 5.32 Å². The van der Waals surface area contributed by atoms with Gasteiger partial charge in [0.25, 0.3) is 0 Å². The molecule has 0 heterocycles. The van der Waals surface area contributed by atoms with E-state index in [1.807, 2.05) is 14.0 Å². The van der Waals surface area contributed by atoms with E-state index in [2.05, 4.69) is 38.2 Å². The number of carbonyl (C=O) groups is 1. The first kappa shape index (κ1) is 14.7. The smallest absolute Gasteiger partial charge is 0.307 e. The van der Waals surface area contributed by atoms with E-state index in [9.17, 15) is 4.79 Å². The first-order chi connectivity index (χ1) is 8.49.